The van der Waals surface area contributed by atoms with Crippen LogP contribution >= 0.6 is 0 Å². The number of ether oxygens (including phenoxy) is 1. The monoisotopic (exact) mass is 316 g/mol. The number of benzene rings is 1. The van der Waals surface area contributed by atoms with Crippen LogP contribution in [0.25, 0.3) is 0 Å². The van der Waals surface area contributed by atoms with E-state index >= 15 is 0 Å². The summed E-state index contributed by atoms with van der Waals surface area (Å²) in [5.74, 6) is -0.312. The Bertz CT molecular complexity index is 589. The maximum absolute atomic E-state index is 12.6. The maximum Gasteiger partial charge on any atom is 0.253 e. The Morgan fingerprint density at radius 2 is 1.87 bits per heavy atom. The number of rotatable bonds is 4. The van der Waals surface area contributed by atoms with Crippen molar-refractivity contribution in [2.24, 2.45) is 11.1 Å². The summed E-state index contributed by atoms with van der Waals surface area (Å²) in [6.07, 6.45) is 4.09. The number of amides is 2. The van der Waals surface area contributed by atoms with Gasteiger partial charge in [-0.15, -0.1) is 0 Å². The van der Waals surface area contributed by atoms with Gasteiger partial charge in [0.25, 0.3) is 5.91 Å². The van der Waals surface area contributed by atoms with Gasteiger partial charge in [0.2, 0.25) is 5.91 Å². The molecule has 5 heteroatoms. The highest BCUT2D eigenvalue weighted by molar-refractivity contribution is 5.94. The van der Waals surface area contributed by atoms with Gasteiger partial charge in [0.15, 0.2) is 0 Å². The van der Waals surface area contributed by atoms with Crippen LogP contribution in [0, 0.1) is 12.3 Å². The Balaban J connectivity index is 1.57. The number of nitrogens with two attached hydrogens (primary N) is 1. The number of hydrogen-bond donors (Lipinski definition) is 1. The van der Waals surface area contributed by atoms with Gasteiger partial charge < -0.3 is 15.4 Å². The fraction of sp³-hybridized carbons (Fsp3) is 0.556. The number of aryl methyl sites for hydroxylation is 1. The van der Waals surface area contributed by atoms with Crippen LogP contribution in [0.1, 0.15) is 41.6 Å². The minimum absolute atomic E-state index is 0.00156. The van der Waals surface area contributed by atoms with Gasteiger partial charge in [0.05, 0.1) is 6.10 Å². The van der Waals surface area contributed by atoms with E-state index in [-0.39, 0.29) is 24.0 Å². The number of hydrogen-bond acceptors (Lipinski definition) is 3. The Labute approximate surface area is 136 Å². The average molecular weight is 316 g/mol. The molecule has 2 N–H and O–H groups in total. The van der Waals surface area contributed by atoms with E-state index in [0.717, 1.165) is 49.9 Å². The predicted molar refractivity (Wildman–Crippen MR) is 86.9 cm³/mol. The average Bonchev–Trinajstić information content (AvgIpc) is 2.54. The van der Waals surface area contributed by atoms with Crippen LogP contribution in [-0.2, 0) is 9.53 Å². The zero-order valence-corrected chi connectivity index (χ0v) is 13.6. The van der Waals surface area contributed by atoms with Crippen LogP contribution in [0.4, 0.5) is 0 Å². The van der Waals surface area contributed by atoms with Gasteiger partial charge in [-0.1, -0.05) is 17.7 Å². The summed E-state index contributed by atoms with van der Waals surface area (Å²) in [6, 6.07) is 7.73. The quantitative estimate of drug-likeness (QED) is 0.922. The molecule has 2 fully saturated rings. The molecule has 124 valence electrons. The first-order chi connectivity index (χ1) is 11.0. The molecule has 2 amide bonds. The van der Waals surface area contributed by atoms with Gasteiger partial charge in [0.1, 0.15) is 6.61 Å². The smallest absolute Gasteiger partial charge is 0.253 e. The number of primary amides is 1. The van der Waals surface area contributed by atoms with Gasteiger partial charge in [-0.3, -0.25) is 9.59 Å². The SMILES string of the molecule is Cc1ccc(C(=O)N2CCC3(CCC3OCC(N)=O)CC2)cc1. The second kappa shape index (κ2) is 6.32. The van der Waals surface area contributed by atoms with Crippen LogP contribution in [-0.4, -0.2) is 42.5 Å². The van der Waals surface area contributed by atoms with Gasteiger partial charge >= 0.3 is 0 Å². The molecular formula is C18H24N2O3. The molecule has 0 aromatic heterocycles. The summed E-state index contributed by atoms with van der Waals surface area (Å²) in [5, 5.41) is 0. The summed E-state index contributed by atoms with van der Waals surface area (Å²) in [5.41, 5.74) is 7.20. The van der Waals surface area contributed by atoms with Crippen molar-refractivity contribution < 1.29 is 14.3 Å². The molecule has 1 aromatic rings. The minimum Gasteiger partial charge on any atom is -0.368 e. The first kappa shape index (κ1) is 16.0. The van der Waals surface area contributed by atoms with Crippen LogP contribution in [0.3, 0.4) is 0 Å². The highest BCUT2D eigenvalue weighted by Gasteiger charge is 2.49. The molecule has 1 aliphatic heterocycles. The summed E-state index contributed by atoms with van der Waals surface area (Å²) >= 11 is 0. The van der Waals surface area contributed by atoms with Gasteiger partial charge in [-0.25, -0.2) is 0 Å². The van der Waals surface area contributed by atoms with E-state index in [1.165, 1.54) is 0 Å². The summed E-state index contributed by atoms with van der Waals surface area (Å²) in [7, 11) is 0. The topological polar surface area (TPSA) is 72.6 Å². The molecule has 1 heterocycles. The molecule has 0 radical (unpaired) electrons. The zero-order chi connectivity index (χ0) is 16.4. The predicted octanol–water partition coefficient (Wildman–Crippen LogP) is 1.88. The van der Waals surface area contributed by atoms with Crippen molar-refractivity contribution in [2.75, 3.05) is 19.7 Å². The normalized spacial score (nSPS) is 22.7. The number of carbonyl (C=O) groups excluding carboxylic acids is 2. The zero-order valence-electron chi connectivity index (χ0n) is 13.6. The third-order valence-electron chi connectivity index (χ3n) is 5.36. The fourth-order valence-corrected chi connectivity index (χ4v) is 3.72. The molecule has 23 heavy (non-hydrogen) atoms. The highest BCUT2D eigenvalue weighted by Crippen LogP contribution is 2.50. The summed E-state index contributed by atoms with van der Waals surface area (Å²) in [4.78, 5) is 25.4. The van der Waals surface area contributed by atoms with E-state index in [1.807, 2.05) is 36.1 Å². The van der Waals surface area contributed by atoms with Crippen molar-refractivity contribution >= 4 is 11.8 Å². The van der Waals surface area contributed by atoms with Crippen LogP contribution in [0.5, 0.6) is 0 Å². The van der Waals surface area contributed by atoms with Crippen molar-refractivity contribution in [1.29, 1.82) is 0 Å². The molecule has 1 saturated heterocycles. The lowest BCUT2D eigenvalue weighted by Crippen LogP contribution is -2.54. The van der Waals surface area contributed by atoms with Crippen LogP contribution in [0.15, 0.2) is 24.3 Å². The molecule has 1 saturated carbocycles. The van der Waals surface area contributed by atoms with Gasteiger partial charge in [-0.05, 0) is 44.7 Å². The van der Waals surface area contributed by atoms with Crippen LogP contribution < -0.4 is 5.73 Å². The van der Waals surface area contributed by atoms with Crippen molar-refractivity contribution in [3.63, 3.8) is 0 Å². The van der Waals surface area contributed by atoms with E-state index in [0.29, 0.717) is 0 Å². The maximum atomic E-state index is 12.6. The van der Waals surface area contributed by atoms with Gasteiger partial charge in [-0.2, -0.15) is 0 Å². The highest BCUT2D eigenvalue weighted by atomic mass is 16.5. The second-order valence-corrected chi connectivity index (χ2v) is 6.83. The van der Waals surface area contributed by atoms with Crippen molar-refractivity contribution in [1.82, 2.24) is 4.90 Å². The molecule has 1 aromatic carbocycles. The molecule has 5 nitrogen and oxygen atoms in total. The Hall–Kier alpha value is -1.88. The lowest BCUT2D eigenvalue weighted by atomic mass is 9.60. The molecule has 1 unspecified atom stereocenters. The minimum atomic E-state index is -0.418. The lowest BCUT2D eigenvalue weighted by molar-refractivity contribution is -0.148. The third kappa shape index (κ3) is 3.24. The summed E-state index contributed by atoms with van der Waals surface area (Å²) < 4.78 is 5.65. The molecule has 2 aliphatic rings. The number of nitrogens with zero attached hydrogens (tertiary/aromatic N) is 1. The molecule has 0 bridgehead atoms. The number of carbonyl (C=O) groups is 2. The molecule has 3 rings (SSSR count). The Kier molecular flexibility index (Phi) is 4.39. The van der Waals surface area contributed by atoms with E-state index in [2.05, 4.69) is 0 Å². The van der Waals surface area contributed by atoms with E-state index < -0.39 is 5.91 Å². The second-order valence-electron chi connectivity index (χ2n) is 6.83. The fourth-order valence-electron chi connectivity index (χ4n) is 3.72. The Morgan fingerprint density at radius 3 is 2.39 bits per heavy atom. The van der Waals surface area contributed by atoms with E-state index in [1.54, 1.807) is 0 Å². The molecule has 1 aliphatic carbocycles. The molecule has 1 atom stereocenters. The van der Waals surface area contributed by atoms with E-state index in [9.17, 15) is 9.59 Å². The van der Waals surface area contributed by atoms with Crippen LogP contribution in [0.2, 0.25) is 0 Å². The van der Waals surface area contributed by atoms with Crippen molar-refractivity contribution in [3.05, 3.63) is 35.4 Å². The lowest BCUT2D eigenvalue weighted by Gasteiger charge is -2.53. The standard InChI is InChI=1S/C18H24N2O3/c1-13-2-4-14(5-3-13)17(22)20-10-8-18(9-11-20)7-6-15(18)23-12-16(19)21/h2-5,15H,6-12H2,1H3,(H2,19,21). The van der Waals surface area contributed by atoms with Crippen molar-refractivity contribution in [3.8, 4) is 0 Å². The first-order valence-electron chi connectivity index (χ1n) is 8.26. The number of piperidine rings is 1. The number of likely N-dealkylation sites (tertiary alicyclic amines) is 1. The third-order valence-corrected chi connectivity index (χ3v) is 5.36. The first-order valence-corrected chi connectivity index (χ1v) is 8.26. The molecular weight excluding hydrogens is 292 g/mol. The Morgan fingerprint density at radius 1 is 1.22 bits per heavy atom. The molecule has 1 spiro atoms. The largest absolute Gasteiger partial charge is 0.368 e. The summed E-state index contributed by atoms with van der Waals surface area (Å²) in [6.45, 7) is 3.52. The van der Waals surface area contributed by atoms with E-state index in [4.69, 9.17) is 10.5 Å². The van der Waals surface area contributed by atoms with Crippen molar-refractivity contribution in [2.45, 2.75) is 38.7 Å². The van der Waals surface area contributed by atoms with Gasteiger partial charge in [0, 0.05) is 24.1 Å².